The van der Waals surface area contributed by atoms with Gasteiger partial charge in [0.15, 0.2) is 0 Å². The molecule has 1 amide bonds. The van der Waals surface area contributed by atoms with Crippen LogP contribution >= 0.6 is 0 Å². The summed E-state index contributed by atoms with van der Waals surface area (Å²) in [6, 6.07) is 9.86. The number of carbonyl (C=O) groups excluding carboxylic acids is 1. The maximum atomic E-state index is 14.5. The molecule has 1 saturated carbocycles. The summed E-state index contributed by atoms with van der Waals surface area (Å²) >= 11 is 0. The van der Waals surface area contributed by atoms with E-state index < -0.39 is 17.7 Å². The van der Waals surface area contributed by atoms with Gasteiger partial charge in [0.1, 0.15) is 11.5 Å². The molecule has 2 fully saturated rings. The fourth-order valence-corrected chi connectivity index (χ4v) is 5.29. The van der Waals surface area contributed by atoms with Crippen LogP contribution in [0.5, 0.6) is 0 Å². The third kappa shape index (κ3) is 4.27. The highest BCUT2D eigenvalue weighted by atomic mass is 19.1. The number of nitrogens with zero attached hydrogens (tertiary/aromatic N) is 3. The minimum Gasteiger partial charge on any atom is -0.365 e. The topological polar surface area (TPSA) is 81.3 Å². The third-order valence-electron chi connectivity index (χ3n) is 7.13. The number of pyridine rings is 2. The Bertz CT molecular complexity index is 1290. The molecular weight excluding hydrogens is 440 g/mol. The second-order valence-electron chi connectivity index (χ2n) is 9.06. The van der Waals surface area contributed by atoms with E-state index in [-0.39, 0.29) is 17.2 Å². The lowest BCUT2D eigenvalue weighted by molar-refractivity contribution is 0.0957. The number of anilines is 1. The Morgan fingerprint density at radius 1 is 1.09 bits per heavy atom. The lowest BCUT2D eigenvalue weighted by Crippen LogP contribution is -2.50. The van der Waals surface area contributed by atoms with Gasteiger partial charge >= 0.3 is 0 Å². The van der Waals surface area contributed by atoms with E-state index in [1.807, 2.05) is 11.0 Å². The van der Waals surface area contributed by atoms with Crippen molar-refractivity contribution in [3.8, 4) is 0 Å². The number of halogens is 2. The van der Waals surface area contributed by atoms with Crippen LogP contribution in [0.2, 0.25) is 0 Å². The Labute approximate surface area is 195 Å². The fraction of sp³-hybridized carbons (Fsp3) is 0.400. The predicted molar refractivity (Wildman–Crippen MR) is 126 cm³/mol. The smallest absolute Gasteiger partial charge is 0.269 e. The van der Waals surface area contributed by atoms with Gasteiger partial charge in [-0.1, -0.05) is 6.07 Å². The van der Waals surface area contributed by atoms with E-state index >= 15 is 0 Å². The van der Waals surface area contributed by atoms with Crippen LogP contribution in [-0.4, -0.2) is 60.0 Å². The first-order valence-corrected chi connectivity index (χ1v) is 11.6. The van der Waals surface area contributed by atoms with Crippen molar-refractivity contribution in [3.05, 3.63) is 69.9 Å². The van der Waals surface area contributed by atoms with Crippen molar-refractivity contribution in [2.45, 2.75) is 31.2 Å². The van der Waals surface area contributed by atoms with Crippen LogP contribution in [0.1, 0.15) is 41.4 Å². The summed E-state index contributed by atoms with van der Waals surface area (Å²) in [4.78, 5) is 35.3. The largest absolute Gasteiger partial charge is 0.365 e. The number of piperazine rings is 1. The van der Waals surface area contributed by atoms with Crippen molar-refractivity contribution >= 4 is 22.4 Å². The van der Waals surface area contributed by atoms with Crippen molar-refractivity contribution in [2.75, 3.05) is 38.1 Å². The van der Waals surface area contributed by atoms with Crippen LogP contribution in [0.25, 0.3) is 10.8 Å². The van der Waals surface area contributed by atoms with Crippen molar-refractivity contribution < 1.29 is 13.6 Å². The summed E-state index contributed by atoms with van der Waals surface area (Å²) in [6.07, 6.45) is 2.96. The molecule has 5 rings (SSSR count). The Morgan fingerprint density at radius 2 is 1.88 bits per heavy atom. The number of amides is 1. The summed E-state index contributed by atoms with van der Waals surface area (Å²) in [5.41, 5.74) is 1.15. The lowest BCUT2D eigenvalue weighted by atomic mass is 10.0. The normalized spacial score (nSPS) is 21.2. The van der Waals surface area contributed by atoms with Gasteiger partial charge in [-0.2, -0.15) is 4.39 Å². The van der Waals surface area contributed by atoms with Gasteiger partial charge in [-0.15, -0.1) is 0 Å². The number of fused-ring (bicyclic) bond motifs is 1. The zero-order chi connectivity index (χ0) is 23.8. The molecule has 2 aliphatic rings. The van der Waals surface area contributed by atoms with Gasteiger partial charge in [-0.25, -0.2) is 9.37 Å². The second-order valence-corrected chi connectivity index (χ2v) is 9.06. The van der Waals surface area contributed by atoms with Gasteiger partial charge in [0.25, 0.3) is 11.5 Å². The molecule has 1 aliphatic heterocycles. The molecule has 2 N–H and O–H groups in total. The second kappa shape index (κ2) is 9.13. The highest BCUT2D eigenvalue weighted by molar-refractivity contribution is 5.92. The summed E-state index contributed by atoms with van der Waals surface area (Å²) in [7, 11) is 1.49. The van der Waals surface area contributed by atoms with E-state index in [4.69, 9.17) is 0 Å². The summed E-state index contributed by atoms with van der Waals surface area (Å²) in [5.74, 6) is -1.20. The molecule has 0 spiro atoms. The minimum atomic E-state index is -0.629. The van der Waals surface area contributed by atoms with E-state index in [2.05, 4.69) is 20.2 Å². The van der Waals surface area contributed by atoms with Crippen LogP contribution < -0.4 is 15.8 Å². The highest BCUT2D eigenvalue weighted by Gasteiger charge is 2.33. The fourth-order valence-electron chi connectivity index (χ4n) is 5.29. The van der Waals surface area contributed by atoms with E-state index in [0.717, 1.165) is 43.4 Å². The number of benzene rings is 1. The number of aromatic nitrogens is 2. The first kappa shape index (κ1) is 22.5. The molecule has 1 saturated heterocycles. The molecule has 34 heavy (non-hydrogen) atoms. The molecule has 0 radical (unpaired) electrons. The number of H-pyrrole nitrogens is 1. The maximum absolute atomic E-state index is 14.5. The molecule has 9 heteroatoms. The summed E-state index contributed by atoms with van der Waals surface area (Å²) in [5, 5.41) is 3.58. The average molecular weight is 468 g/mol. The van der Waals surface area contributed by atoms with E-state index in [9.17, 15) is 18.4 Å². The standard InChI is InChI=1S/C25H27F2N5O2/c1-28-25(34)20-6-7-22(23(27)29-20)32-10-8-31(9-11-32)18-5-3-16(12-18)21-13-15-2-4-17(26)14-19(15)24(33)30-21/h2,4,6-7,13-14,16,18H,3,5,8-12H2,1H3,(H,28,34)(H,30,33)/t16-,18-/m1/s1. The molecule has 3 heterocycles. The SMILES string of the molecule is CNC(=O)c1ccc(N2CCN([C@@H]3CC[C@@H](c4cc5ccc(F)cc5c(=O)[nH]4)C3)CC2)c(F)n1. The zero-order valence-corrected chi connectivity index (χ0v) is 19.0. The third-order valence-corrected chi connectivity index (χ3v) is 7.13. The number of nitrogens with one attached hydrogen (secondary N) is 2. The zero-order valence-electron chi connectivity index (χ0n) is 19.0. The number of carbonyl (C=O) groups is 1. The molecule has 1 aliphatic carbocycles. The molecular formula is C25H27F2N5O2. The Morgan fingerprint density at radius 3 is 2.62 bits per heavy atom. The van der Waals surface area contributed by atoms with Crippen molar-refractivity contribution in [1.29, 1.82) is 0 Å². The Balaban J connectivity index is 1.22. The maximum Gasteiger partial charge on any atom is 0.269 e. The summed E-state index contributed by atoms with van der Waals surface area (Å²) in [6.45, 7) is 2.97. The molecule has 2 atom stereocenters. The number of hydrogen-bond donors (Lipinski definition) is 2. The van der Waals surface area contributed by atoms with Crippen LogP contribution in [0.3, 0.4) is 0 Å². The quantitative estimate of drug-likeness (QED) is 0.577. The van der Waals surface area contributed by atoms with Crippen LogP contribution in [0.15, 0.2) is 41.2 Å². The van der Waals surface area contributed by atoms with Crippen molar-refractivity contribution in [2.24, 2.45) is 0 Å². The first-order chi connectivity index (χ1) is 16.4. The monoisotopic (exact) mass is 467 g/mol. The molecule has 1 aromatic carbocycles. The van der Waals surface area contributed by atoms with Crippen LogP contribution in [0.4, 0.5) is 14.5 Å². The van der Waals surface area contributed by atoms with Crippen LogP contribution in [-0.2, 0) is 0 Å². The van der Waals surface area contributed by atoms with Gasteiger partial charge in [0.2, 0.25) is 5.95 Å². The number of aromatic amines is 1. The number of rotatable bonds is 4. The van der Waals surface area contributed by atoms with E-state index in [1.54, 1.807) is 18.2 Å². The van der Waals surface area contributed by atoms with E-state index in [1.165, 1.54) is 19.2 Å². The molecule has 178 valence electrons. The van der Waals surface area contributed by atoms with Gasteiger partial charge < -0.3 is 15.2 Å². The van der Waals surface area contributed by atoms with Gasteiger partial charge in [-0.3, -0.25) is 14.5 Å². The predicted octanol–water partition coefficient (Wildman–Crippen LogP) is 3.02. The molecule has 0 unspecified atom stereocenters. The van der Waals surface area contributed by atoms with Crippen LogP contribution in [0, 0.1) is 11.8 Å². The Kier molecular flexibility index (Phi) is 6.03. The lowest BCUT2D eigenvalue weighted by Gasteiger charge is -2.39. The van der Waals surface area contributed by atoms with Gasteiger partial charge in [-0.05, 0) is 55.0 Å². The first-order valence-electron chi connectivity index (χ1n) is 11.6. The van der Waals surface area contributed by atoms with Gasteiger partial charge in [0, 0.05) is 56.3 Å². The molecule has 3 aromatic rings. The average Bonchev–Trinajstić information content (AvgIpc) is 3.34. The highest BCUT2D eigenvalue weighted by Crippen LogP contribution is 2.37. The van der Waals surface area contributed by atoms with Gasteiger partial charge in [0.05, 0.1) is 5.69 Å². The summed E-state index contributed by atoms with van der Waals surface area (Å²) < 4.78 is 28.0. The van der Waals surface area contributed by atoms with E-state index in [0.29, 0.717) is 30.2 Å². The number of hydrogen-bond acceptors (Lipinski definition) is 5. The molecule has 0 bridgehead atoms. The Hall–Kier alpha value is -3.33. The molecule has 2 aromatic heterocycles. The van der Waals surface area contributed by atoms with Crippen molar-refractivity contribution in [3.63, 3.8) is 0 Å². The van der Waals surface area contributed by atoms with Crippen molar-refractivity contribution in [1.82, 2.24) is 20.2 Å². The minimum absolute atomic E-state index is 0.0660. The molecule has 7 nitrogen and oxygen atoms in total.